The number of carbonyl (C=O) groups excluding carboxylic acids is 1. The lowest BCUT2D eigenvalue weighted by Crippen LogP contribution is -2.43. The number of nitrogens with zero attached hydrogens (tertiary/aromatic N) is 7. The summed E-state index contributed by atoms with van der Waals surface area (Å²) in [5.41, 5.74) is 0. The number of aryl methyl sites for hydroxylation is 1. The lowest BCUT2D eigenvalue weighted by atomic mass is 10.2. The molecule has 3 aromatic heterocycles. The number of aromatic nitrogens is 7. The number of fused-ring (bicyclic) bond motifs is 1. The Kier molecular flexibility index (Phi) is 3.65. The van der Waals surface area contributed by atoms with E-state index in [1.165, 1.54) is 0 Å². The molecular formula is C14H16N8O2. The highest BCUT2D eigenvalue weighted by molar-refractivity contribution is 5.78. The third-order valence-corrected chi connectivity index (χ3v) is 3.79. The number of aromatic amines is 1. The average molecular weight is 328 g/mol. The van der Waals surface area contributed by atoms with Gasteiger partial charge in [-0.1, -0.05) is 0 Å². The fourth-order valence-electron chi connectivity index (χ4n) is 2.63. The second-order valence-corrected chi connectivity index (χ2v) is 5.55. The SMILES string of the molecule is Cc1nc([C@@H]2CN(C(=O)Cc3nc4ncccn4n3)CCO2)n[nH]1. The molecule has 4 heterocycles. The van der Waals surface area contributed by atoms with Gasteiger partial charge in [0.15, 0.2) is 11.6 Å². The van der Waals surface area contributed by atoms with Crippen LogP contribution >= 0.6 is 0 Å². The van der Waals surface area contributed by atoms with Gasteiger partial charge in [-0.2, -0.15) is 10.1 Å². The Bertz CT molecular complexity index is 839. The summed E-state index contributed by atoms with van der Waals surface area (Å²) in [7, 11) is 0. The predicted molar refractivity (Wildman–Crippen MR) is 80.9 cm³/mol. The van der Waals surface area contributed by atoms with Gasteiger partial charge in [0.1, 0.15) is 11.9 Å². The number of ether oxygens (including phenoxy) is 1. The second kappa shape index (κ2) is 5.96. The van der Waals surface area contributed by atoms with Gasteiger partial charge < -0.3 is 9.64 Å². The maximum absolute atomic E-state index is 12.5. The zero-order valence-electron chi connectivity index (χ0n) is 13.1. The van der Waals surface area contributed by atoms with Crippen LogP contribution in [0.2, 0.25) is 0 Å². The van der Waals surface area contributed by atoms with E-state index in [0.717, 1.165) is 5.82 Å². The van der Waals surface area contributed by atoms with Gasteiger partial charge >= 0.3 is 0 Å². The van der Waals surface area contributed by atoms with Gasteiger partial charge in [-0.25, -0.2) is 14.5 Å². The first-order chi connectivity index (χ1) is 11.7. The molecule has 1 aliphatic rings. The molecule has 1 atom stereocenters. The van der Waals surface area contributed by atoms with E-state index in [0.29, 0.717) is 37.1 Å². The highest BCUT2D eigenvalue weighted by Gasteiger charge is 2.28. The van der Waals surface area contributed by atoms with Crippen LogP contribution in [0, 0.1) is 6.92 Å². The van der Waals surface area contributed by atoms with Crippen molar-refractivity contribution in [2.45, 2.75) is 19.4 Å². The van der Waals surface area contributed by atoms with E-state index in [1.54, 1.807) is 27.9 Å². The molecule has 4 rings (SSSR count). The summed E-state index contributed by atoms with van der Waals surface area (Å²) in [6.45, 7) is 3.22. The molecular weight excluding hydrogens is 312 g/mol. The van der Waals surface area contributed by atoms with E-state index in [1.807, 2.05) is 6.92 Å². The minimum absolute atomic E-state index is 0.0496. The molecule has 0 bridgehead atoms. The molecule has 1 saturated heterocycles. The summed E-state index contributed by atoms with van der Waals surface area (Å²) in [6, 6.07) is 1.76. The van der Waals surface area contributed by atoms with E-state index in [4.69, 9.17) is 4.74 Å². The third kappa shape index (κ3) is 2.83. The maximum Gasteiger partial charge on any atom is 0.252 e. The Balaban J connectivity index is 1.45. The molecule has 0 aromatic carbocycles. The Morgan fingerprint density at radius 3 is 3.17 bits per heavy atom. The molecule has 124 valence electrons. The van der Waals surface area contributed by atoms with Gasteiger partial charge in [-0.05, 0) is 13.0 Å². The normalized spacial score (nSPS) is 18.2. The monoisotopic (exact) mass is 328 g/mol. The smallest absolute Gasteiger partial charge is 0.252 e. The summed E-state index contributed by atoms with van der Waals surface area (Å²) in [5.74, 6) is 2.18. The summed E-state index contributed by atoms with van der Waals surface area (Å²) >= 11 is 0. The van der Waals surface area contributed by atoms with E-state index < -0.39 is 0 Å². The molecule has 1 fully saturated rings. The zero-order valence-corrected chi connectivity index (χ0v) is 13.1. The van der Waals surface area contributed by atoms with Crippen LogP contribution in [0.1, 0.15) is 23.6 Å². The largest absolute Gasteiger partial charge is 0.366 e. The van der Waals surface area contributed by atoms with Crippen molar-refractivity contribution in [3.05, 3.63) is 35.9 Å². The molecule has 0 saturated carbocycles. The Hall–Kier alpha value is -2.88. The maximum atomic E-state index is 12.5. The fourth-order valence-corrected chi connectivity index (χ4v) is 2.63. The molecule has 0 aliphatic carbocycles. The standard InChI is InChI=1S/C14H16N8O2/c1-9-16-13(19-18-9)10-8-21(5-6-24-10)12(23)7-11-17-14-15-3-2-4-22(14)20-11/h2-4,10H,5-8H2,1H3,(H,16,18,19)/t10-/m0/s1. The number of hydrogen-bond donors (Lipinski definition) is 1. The minimum Gasteiger partial charge on any atom is -0.366 e. The highest BCUT2D eigenvalue weighted by atomic mass is 16.5. The first-order valence-electron chi connectivity index (χ1n) is 7.63. The highest BCUT2D eigenvalue weighted by Crippen LogP contribution is 2.19. The Labute approximate surface area is 136 Å². The van der Waals surface area contributed by atoms with Crippen LogP contribution in [0.5, 0.6) is 0 Å². The van der Waals surface area contributed by atoms with Crippen molar-refractivity contribution in [2.24, 2.45) is 0 Å². The van der Waals surface area contributed by atoms with Crippen molar-refractivity contribution < 1.29 is 9.53 Å². The lowest BCUT2D eigenvalue weighted by Gasteiger charge is -2.31. The molecule has 3 aromatic rings. The molecule has 1 N–H and O–H groups in total. The number of H-pyrrole nitrogens is 1. The number of carbonyl (C=O) groups is 1. The minimum atomic E-state index is -0.316. The average Bonchev–Trinajstić information content (AvgIpc) is 3.20. The number of nitrogens with one attached hydrogen (secondary N) is 1. The molecule has 1 amide bonds. The fraction of sp³-hybridized carbons (Fsp3) is 0.429. The molecule has 0 spiro atoms. The van der Waals surface area contributed by atoms with Crippen LogP contribution in [0.25, 0.3) is 5.78 Å². The molecule has 1 aliphatic heterocycles. The zero-order chi connectivity index (χ0) is 16.5. The van der Waals surface area contributed by atoms with Crippen molar-refractivity contribution >= 4 is 11.7 Å². The summed E-state index contributed by atoms with van der Waals surface area (Å²) in [6.07, 6.45) is 3.20. The Morgan fingerprint density at radius 1 is 1.46 bits per heavy atom. The third-order valence-electron chi connectivity index (χ3n) is 3.79. The summed E-state index contributed by atoms with van der Waals surface area (Å²) < 4.78 is 7.23. The van der Waals surface area contributed by atoms with Crippen LogP contribution in [0.4, 0.5) is 0 Å². The van der Waals surface area contributed by atoms with Crippen LogP contribution in [-0.4, -0.2) is 65.3 Å². The van der Waals surface area contributed by atoms with Gasteiger partial charge in [0.25, 0.3) is 5.78 Å². The van der Waals surface area contributed by atoms with Gasteiger partial charge in [0.2, 0.25) is 5.91 Å². The van der Waals surface area contributed by atoms with Crippen molar-refractivity contribution in [3.63, 3.8) is 0 Å². The van der Waals surface area contributed by atoms with Gasteiger partial charge in [0, 0.05) is 18.9 Å². The van der Waals surface area contributed by atoms with Gasteiger partial charge in [-0.15, -0.1) is 5.10 Å². The Morgan fingerprint density at radius 2 is 2.38 bits per heavy atom. The van der Waals surface area contributed by atoms with E-state index >= 15 is 0 Å². The van der Waals surface area contributed by atoms with Crippen molar-refractivity contribution in [1.82, 2.24) is 39.7 Å². The van der Waals surface area contributed by atoms with Gasteiger partial charge in [0.05, 0.1) is 19.6 Å². The summed E-state index contributed by atoms with van der Waals surface area (Å²) in [4.78, 5) is 26.9. The quantitative estimate of drug-likeness (QED) is 0.701. The van der Waals surface area contributed by atoms with E-state index in [9.17, 15) is 4.79 Å². The number of rotatable bonds is 3. The molecule has 24 heavy (non-hydrogen) atoms. The van der Waals surface area contributed by atoms with Crippen LogP contribution in [0.3, 0.4) is 0 Å². The summed E-state index contributed by atoms with van der Waals surface area (Å²) in [5, 5.41) is 11.2. The number of hydrogen-bond acceptors (Lipinski definition) is 7. The topological polar surface area (TPSA) is 114 Å². The van der Waals surface area contributed by atoms with Crippen molar-refractivity contribution in [3.8, 4) is 0 Å². The van der Waals surface area contributed by atoms with Crippen LogP contribution in [-0.2, 0) is 16.0 Å². The van der Waals surface area contributed by atoms with E-state index in [2.05, 4.69) is 30.2 Å². The van der Waals surface area contributed by atoms with Crippen LogP contribution < -0.4 is 0 Å². The molecule has 0 radical (unpaired) electrons. The van der Waals surface area contributed by atoms with Crippen molar-refractivity contribution in [2.75, 3.05) is 19.7 Å². The number of morpholine rings is 1. The van der Waals surface area contributed by atoms with Crippen LogP contribution in [0.15, 0.2) is 18.5 Å². The van der Waals surface area contributed by atoms with E-state index in [-0.39, 0.29) is 18.4 Å². The molecule has 0 unspecified atom stereocenters. The van der Waals surface area contributed by atoms with Crippen molar-refractivity contribution in [1.29, 1.82) is 0 Å². The second-order valence-electron chi connectivity index (χ2n) is 5.55. The predicted octanol–water partition coefficient (Wildman–Crippen LogP) is -0.307. The number of amides is 1. The van der Waals surface area contributed by atoms with Gasteiger partial charge in [-0.3, -0.25) is 9.89 Å². The molecule has 10 heteroatoms. The molecule has 10 nitrogen and oxygen atoms in total. The lowest BCUT2D eigenvalue weighted by molar-refractivity contribution is -0.138. The first kappa shape index (κ1) is 14.7. The first-order valence-corrected chi connectivity index (χ1v) is 7.63.